The molecule has 1 N–H and O–H groups in total. The molecule has 2 aromatic rings. The number of carbonyl (C=O) groups is 1. The second-order valence-electron chi connectivity index (χ2n) is 7.61. The summed E-state index contributed by atoms with van der Waals surface area (Å²) in [6, 6.07) is 5.74. The molecule has 1 aliphatic rings. The van der Waals surface area contributed by atoms with E-state index in [2.05, 4.69) is 5.32 Å². The number of anilines is 1. The Kier molecular flexibility index (Phi) is 5.46. The molecule has 3 rings (SSSR count). The van der Waals surface area contributed by atoms with E-state index in [1.165, 1.54) is 36.9 Å². The normalized spacial score (nSPS) is 15.9. The van der Waals surface area contributed by atoms with E-state index in [1.807, 2.05) is 13.8 Å². The van der Waals surface area contributed by atoms with Crippen molar-refractivity contribution in [3.05, 3.63) is 73.3 Å². The number of benzene rings is 1. The van der Waals surface area contributed by atoms with E-state index >= 15 is 0 Å². The maximum Gasteiger partial charge on any atom is 0.336 e. The number of rotatable bonds is 4. The average Bonchev–Trinajstić information content (AvgIpc) is 2.67. The van der Waals surface area contributed by atoms with Crippen molar-refractivity contribution in [1.29, 1.82) is 0 Å². The second kappa shape index (κ2) is 7.69. The van der Waals surface area contributed by atoms with Crippen molar-refractivity contribution in [2.24, 2.45) is 20.0 Å². The first kappa shape index (κ1) is 20.6. The smallest absolute Gasteiger partial charge is 0.336 e. The first-order valence-electron chi connectivity index (χ1n) is 9.33. The van der Waals surface area contributed by atoms with Crippen LogP contribution < -0.4 is 16.6 Å². The Morgan fingerprint density at radius 1 is 1.24 bits per heavy atom. The van der Waals surface area contributed by atoms with Gasteiger partial charge in [-0.15, -0.1) is 0 Å². The van der Waals surface area contributed by atoms with Gasteiger partial charge in [-0.1, -0.05) is 26.0 Å². The van der Waals surface area contributed by atoms with Crippen LogP contribution in [0.1, 0.15) is 37.8 Å². The van der Waals surface area contributed by atoms with Gasteiger partial charge >= 0.3 is 11.7 Å². The average molecular weight is 401 g/mol. The molecule has 0 bridgehead atoms. The molecule has 29 heavy (non-hydrogen) atoms. The Morgan fingerprint density at radius 3 is 2.55 bits per heavy atom. The minimum atomic E-state index is -0.868. The number of allylic oxidation sites excluding steroid dienone is 1. The van der Waals surface area contributed by atoms with Crippen LogP contribution in [0.15, 0.2) is 45.1 Å². The number of hydrogen-bond acceptors (Lipinski definition) is 5. The largest absolute Gasteiger partial charge is 0.462 e. The van der Waals surface area contributed by atoms with Crippen LogP contribution in [0.2, 0.25) is 0 Å². The lowest BCUT2D eigenvalue weighted by molar-refractivity contribution is -0.140. The summed E-state index contributed by atoms with van der Waals surface area (Å²) in [6.45, 7) is 5.71. The van der Waals surface area contributed by atoms with Crippen LogP contribution in [-0.4, -0.2) is 21.7 Å². The fraction of sp³-hybridized carbons (Fsp3) is 0.381. The fourth-order valence-electron chi connectivity index (χ4n) is 3.50. The monoisotopic (exact) mass is 401 g/mol. The van der Waals surface area contributed by atoms with Crippen molar-refractivity contribution in [2.75, 3.05) is 11.9 Å². The van der Waals surface area contributed by atoms with Crippen molar-refractivity contribution < 1.29 is 13.9 Å². The summed E-state index contributed by atoms with van der Waals surface area (Å²) < 4.78 is 21.7. The highest BCUT2D eigenvalue weighted by Crippen LogP contribution is 2.40. The minimum absolute atomic E-state index is 0.130. The molecule has 0 amide bonds. The quantitative estimate of drug-likeness (QED) is 0.795. The molecule has 0 fully saturated rings. The molecule has 0 saturated carbocycles. The van der Waals surface area contributed by atoms with Crippen LogP contribution in [0.25, 0.3) is 0 Å². The van der Waals surface area contributed by atoms with E-state index in [1.54, 1.807) is 13.0 Å². The highest BCUT2D eigenvalue weighted by atomic mass is 19.1. The number of carbonyl (C=O) groups excluding carboxylic acids is 1. The Balaban J connectivity index is 2.30. The zero-order valence-electron chi connectivity index (χ0n) is 17.1. The van der Waals surface area contributed by atoms with E-state index in [-0.39, 0.29) is 29.5 Å². The van der Waals surface area contributed by atoms with Gasteiger partial charge in [0.1, 0.15) is 11.6 Å². The van der Waals surface area contributed by atoms with Crippen LogP contribution in [0.5, 0.6) is 0 Å². The predicted molar refractivity (Wildman–Crippen MR) is 107 cm³/mol. The summed E-state index contributed by atoms with van der Waals surface area (Å²) in [5, 5.41) is 3.00. The number of nitrogens with zero attached hydrogens (tertiary/aromatic N) is 2. The molecule has 154 valence electrons. The number of ether oxygens (including phenoxy) is 1. The maximum atomic E-state index is 14.0. The molecule has 1 aromatic heterocycles. The van der Waals surface area contributed by atoms with E-state index in [0.717, 1.165) is 4.57 Å². The molecular weight excluding hydrogens is 377 g/mol. The summed E-state index contributed by atoms with van der Waals surface area (Å²) in [4.78, 5) is 38.4. The van der Waals surface area contributed by atoms with Crippen molar-refractivity contribution >= 4 is 11.8 Å². The topological polar surface area (TPSA) is 82.3 Å². The third-order valence-corrected chi connectivity index (χ3v) is 4.94. The number of hydrogen-bond donors (Lipinski definition) is 1. The van der Waals surface area contributed by atoms with Gasteiger partial charge in [-0.2, -0.15) is 0 Å². The number of fused-ring (bicyclic) bond motifs is 1. The van der Waals surface area contributed by atoms with Gasteiger partial charge in [-0.05, 0) is 30.5 Å². The third-order valence-electron chi connectivity index (χ3n) is 4.94. The van der Waals surface area contributed by atoms with Crippen LogP contribution in [0.4, 0.5) is 10.2 Å². The Morgan fingerprint density at radius 2 is 1.93 bits per heavy atom. The van der Waals surface area contributed by atoms with Crippen LogP contribution in [0, 0.1) is 11.7 Å². The number of halogens is 1. The van der Waals surface area contributed by atoms with Crippen LogP contribution >= 0.6 is 0 Å². The second-order valence-corrected chi connectivity index (χ2v) is 7.61. The van der Waals surface area contributed by atoms with Crippen LogP contribution in [0.3, 0.4) is 0 Å². The zero-order chi connectivity index (χ0) is 21.5. The summed E-state index contributed by atoms with van der Waals surface area (Å²) in [6.07, 6.45) is 0. The minimum Gasteiger partial charge on any atom is -0.462 e. The molecule has 1 atom stereocenters. The van der Waals surface area contributed by atoms with E-state index in [9.17, 15) is 18.8 Å². The molecule has 0 aliphatic carbocycles. The SMILES string of the molecule is CC1=C(C(=O)OCC(C)C)[C@H](c2cccc(F)c2)c2c(n(C)c(=O)n(C)c2=O)N1. The Bertz CT molecular complexity index is 1130. The fourth-order valence-corrected chi connectivity index (χ4v) is 3.50. The number of nitrogens with one attached hydrogen (secondary N) is 1. The number of aromatic nitrogens is 2. The van der Waals surface area contributed by atoms with Gasteiger partial charge in [0.2, 0.25) is 0 Å². The van der Waals surface area contributed by atoms with Gasteiger partial charge in [-0.3, -0.25) is 13.9 Å². The Hall–Kier alpha value is -3.16. The van der Waals surface area contributed by atoms with Gasteiger partial charge in [0.15, 0.2) is 0 Å². The van der Waals surface area contributed by atoms with E-state index in [4.69, 9.17) is 4.74 Å². The number of esters is 1. The molecule has 0 saturated heterocycles. The highest BCUT2D eigenvalue weighted by molar-refractivity contribution is 5.94. The first-order valence-corrected chi connectivity index (χ1v) is 9.33. The van der Waals surface area contributed by atoms with Gasteiger partial charge < -0.3 is 10.1 Å². The van der Waals surface area contributed by atoms with Gasteiger partial charge in [-0.25, -0.2) is 14.0 Å². The van der Waals surface area contributed by atoms with E-state index in [0.29, 0.717) is 11.3 Å². The zero-order valence-corrected chi connectivity index (χ0v) is 17.1. The molecule has 1 aromatic carbocycles. The van der Waals surface area contributed by atoms with Crippen molar-refractivity contribution in [3.8, 4) is 0 Å². The summed E-state index contributed by atoms with van der Waals surface area (Å²) >= 11 is 0. The predicted octanol–water partition coefficient (Wildman–Crippen LogP) is 2.25. The standard InChI is InChI=1S/C21H24FN3O4/c1-11(2)10-29-20(27)15-12(3)23-18-17(19(26)25(5)21(28)24(18)4)16(15)13-7-6-8-14(22)9-13/h6-9,11,16,23H,10H2,1-5H3/t16-/m0/s1. The van der Waals surface area contributed by atoms with Crippen molar-refractivity contribution in [2.45, 2.75) is 26.7 Å². The molecule has 7 nitrogen and oxygen atoms in total. The van der Waals surface area contributed by atoms with Gasteiger partial charge in [0, 0.05) is 19.8 Å². The molecule has 2 heterocycles. The lowest BCUT2D eigenvalue weighted by Gasteiger charge is -2.31. The molecule has 0 radical (unpaired) electrons. The molecule has 0 unspecified atom stereocenters. The van der Waals surface area contributed by atoms with Gasteiger partial charge in [0.05, 0.1) is 23.7 Å². The molecular formula is C21H24FN3O4. The van der Waals surface area contributed by atoms with Crippen molar-refractivity contribution in [1.82, 2.24) is 9.13 Å². The lowest BCUT2D eigenvalue weighted by Crippen LogP contribution is -2.43. The van der Waals surface area contributed by atoms with E-state index < -0.39 is 29.0 Å². The van der Waals surface area contributed by atoms with Gasteiger partial charge in [0.25, 0.3) is 5.56 Å². The third kappa shape index (κ3) is 3.62. The highest BCUT2D eigenvalue weighted by Gasteiger charge is 2.37. The summed E-state index contributed by atoms with van der Waals surface area (Å²) in [5.41, 5.74) is 0.245. The Labute approximate surface area is 167 Å². The molecule has 8 heteroatoms. The van der Waals surface area contributed by atoms with Crippen LogP contribution in [-0.2, 0) is 23.6 Å². The first-order chi connectivity index (χ1) is 13.6. The molecule has 0 spiro atoms. The summed E-state index contributed by atoms with van der Waals surface area (Å²) in [7, 11) is 2.90. The molecule has 1 aliphatic heterocycles. The lowest BCUT2D eigenvalue weighted by atomic mass is 9.82. The summed E-state index contributed by atoms with van der Waals surface area (Å²) in [5.74, 6) is -1.53. The maximum absolute atomic E-state index is 14.0. The van der Waals surface area contributed by atoms with Crippen molar-refractivity contribution in [3.63, 3.8) is 0 Å².